The Balaban J connectivity index is 1.93. The molecule has 1 atom stereocenters. The minimum Gasteiger partial charge on any atom is -0.504 e. The van der Waals surface area contributed by atoms with E-state index in [4.69, 9.17) is 4.74 Å². The first-order chi connectivity index (χ1) is 9.70. The molecule has 0 radical (unpaired) electrons. The summed E-state index contributed by atoms with van der Waals surface area (Å²) in [5.41, 5.74) is 0.925. The van der Waals surface area contributed by atoms with Crippen molar-refractivity contribution in [2.75, 3.05) is 26.7 Å². The average Bonchev–Trinajstić information content (AvgIpc) is 2.44. The highest BCUT2D eigenvalue weighted by atomic mass is 16.5. The molecule has 112 valence electrons. The van der Waals surface area contributed by atoms with E-state index in [-0.39, 0.29) is 5.75 Å². The lowest BCUT2D eigenvalue weighted by atomic mass is 10.0. The van der Waals surface area contributed by atoms with E-state index in [9.17, 15) is 5.11 Å². The van der Waals surface area contributed by atoms with Crippen LogP contribution in [0.15, 0.2) is 18.2 Å². The van der Waals surface area contributed by atoms with E-state index >= 15 is 0 Å². The van der Waals surface area contributed by atoms with Gasteiger partial charge in [0.25, 0.3) is 0 Å². The second-order valence-electron chi connectivity index (χ2n) is 5.54. The smallest absolute Gasteiger partial charge is 0.162 e. The number of piperidine rings is 1. The number of nitrogens with zero attached hydrogens (tertiary/aromatic N) is 1. The van der Waals surface area contributed by atoms with E-state index in [2.05, 4.69) is 17.3 Å². The number of hydrogen-bond donors (Lipinski definition) is 2. The molecular weight excluding hydrogens is 252 g/mol. The van der Waals surface area contributed by atoms with Gasteiger partial charge in [-0.2, -0.15) is 0 Å². The first-order valence-corrected chi connectivity index (χ1v) is 7.56. The Morgan fingerprint density at radius 1 is 1.40 bits per heavy atom. The molecule has 0 bridgehead atoms. The van der Waals surface area contributed by atoms with Crippen LogP contribution in [0.1, 0.15) is 31.7 Å². The van der Waals surface area contributed by atoms with Gasteiger partial charge in [0.15, 0.2) is 11.5 Å². The highest BCUT2D eigenvalue weighted by molar-refractivity contribution is 5.45. The molecule has 1 aliphatic heterocycles. The molecule has 1 saturated heterocycles. The zero-order valence-electron chi connectivity index (χ0n) is 12.6. The predicted molar refractivity (Wildman–Crippen MR) is 81.3 cm³/mol. The zero-order valence-corrected chi connectivity index (χ0v) is 12.6. The first kappa shape index (κ1) is 15.1. The second-order valence-corrected chi connectivity index (χ2v) is 5.54. The summed E-state index contributed by atoms with van der Waals surface area (Å²) in [6, 6.07) is 6.28. The number of ether oxygens (including phenoxy) is 1. The van der Waals surface area contributed by atoms with Crippen LogP contribution in [-0.2, 0) is 6.54 Å². The molecule has 1 aliphatic rings. The normalized spacial score (nSPS) is 19.2. The van der Waals surface area contributed by atoms with E-state index in [1.165, 1.54) is 19.3 Å². The molecule has 0 saturated carbocycles. The molecule has 0 spiro atoms. The summed E-state index contributed by atoms with van der Waals surface area (Å²) in [6.45, 7) is 5.37. The number of hydrogen-bond acceptors (Lipinski definition) is 4. The fraction of sp³-hybridized carbons (Fsp3) is 0.625. The third kappa shape index (κ3) is 4.12. The Labute approximate surface area is 121 Å². The molecule has 20 heavy (non-hydrogen) atoms. The van der Waals surface area contributed by atoms with Crippen LogP contribution in [-0.4, -0.2) is 42.8 Å². The van der Waals surface area contributed by atoms with Crippen LogP contribution in [0.5, 0.6) is 11.5 Å². The summed E-state index contributed by atoms with van der Waals surface area (Å²) in [4.78, 5) is 2.26. The lowest BCUT2D eigenvalue weighted by Gasteiger charge is -2.28. The van der Waals surface area contributed by atoms with Crippen molar-refractivity contribution < 1.29 is 9.84 Å². The molecule has 4 nitrogen and oxygen atoms in total. The highest BCUT2D eigenvalue weighted by Crippen LogP contribution is 2.30. The fourth-order valence-electron chi connectivity index (χ4n) is 2.78. The summed E-state index contributed by atoms with van der Waals surface area (Å²) in [7, 11) is 2.10. The Morgan fingerprint density at radius 3 is 2.95 bits per heavy atom. The Morgan fingerprint density at radius 2 is 2.25 bits per heavy atom. The van der Waals surface area contributed by atoms with Crippen molar-refractivity contribution in [2.24, 2.45) is 0 Å². The standard InChI is InChI=1S/C16H26N2O2/c1-3-20-15-9-6-7-13(16(15)19)11-18(2)12-14-8-4-5-10-17-14/h6-7,9,14,17,19H,3-5,8,10-12H2,1-2H3. The Hall–Kier alpha value is -1.26. The summed E-state index contributed by atoms with van der Waals surface area (Å²) in [5.74, 6) is 0.854. The van der Waals surface area contributed by atoms with Crippen molar-refractivity contribution in [3.63, 3.8) is 0 Å². The molecule has 1 aromatic rings. The topological polar surface area (TPSA) is 44.7 Å². The molecule has 2 N–H and O–H groups in total. The van der Waals surface area contributed by atoms with Gasteiger partial charge in [0.2, 0.25) is 0 Å². The van der Waals surface area contributed by atoms with Crippen LogP contribution in [0.3, 0.4) is 0 Å². The number of nitrogens with one attached hydrogen (secondary N) is 1. The lowest BCUT2D eigenvalue weighted by Crippen LogP contribution is -2.42. The quantitative estimate of drug-likeness (QED) is 0.838. The van der Waals surface area contributed by atoms with Crippen molar-refractivity contribution in [3.8, 4) is 11.5 Å². The van der Waals surface area contributed by atoms with Crippen molar-refractivity contribution >= 4 is 0 Å². The van der Waals surface area contributed by atoms with E-state index in [1.807, 2.05) is 25.1 Å². The maximum Gasteiger partial charge on any atom is 0.162 e. The molecular formula is C16H26N2O2. The third-order valence-electron chi connectivity index (χ3n) is 3.77. The molecule has 2 rings (SSSR count). The monoisotopic (exact) mass is 278 g/mol. The predicted octanol–water partition coefficient (Wildman–Crippen LogP) is 2.36. The second kappa shape index (κ2) is 7.50. The molecule has 1 fully saturated rings. The van der Waals surface area contributed by atoms with Crippen LogP contribution in [0.2, 0.25) is 0 Å². The highest BCUT2D eigenvalue weighted by Gasteiger charge is 2.16. The third-order valence-corrected chi connectivity index (χ3v) is 3.77. The van der Waals surface area contributed by atoms with Crippen LogP contribution in [0, 0.1) is 0 Å². The first-order valence-electron chi connectivity index (χ1n) is 7.56. The number of likely N-dealkylation sites (N-methyl/N-ethyl adjacent to an activating group) is 1. The minimum absolute atomic E-state index is 0.276. The van der Waals surface area contributed by atoms with Crippen LogP contribution in [0.4, 0.5) is 0 Å². The number of phenolic OH excluding ortho intramolecular Hbond substituents is 1. The largest absolute Gasteiger partial charge is 0.504 e. The SMILES string of the molecule is CCOc1cccc(CN(C)CC2CCCCN2)c1O. The van der Waals surface area contributed by atoms with E-state index in [0.717, 1.165) is 25.2 Å². The summed E-state index contributed by atoms with van der Waals surface area (Å²) in [6.07, 6.45) is 3.85. The van der Waals surface area contributed by atoms with Gasteiger partial charge in [-0.05, 0) is 39.4 Å². The number of para-hydroxylation sites is 1. The summed E-state index contributed by atoms with van der Waals surface area (Å²) in [5, 5.41) is 13.8. The van der Waals surface area contributed by atoms with Gasteiger partial charge >= 0.3 is 0 Å². The van der Waals surface area contributed by atoms with Gasteiger partial charge in [0, 0.05) is 24.7 Å². The molecule has 0 aliphatic carbocycles. The summed E-state index contributed by atoms with van der Waals surface area (Å²) < 4.78 is 5.43. The molecule has 1 heterocycles. The van der Waals surface area contributed by atoms with Crippen LogP contribution >= 0.6 is 0 Å². The number of rotatable bonds is 6. The minimum atomic E-state index is 0.276. The number of aromatic hydroxyl groups is 1. The Kier molecular flexibility index (Phi) is 5.68. The van der Waals surface area contributed by atoms with Gasteiger partial charge in [0.1, 0.15) is 0 Å². The zero-order chi connectivity index (χ0) is 14.4. The van der Waals surface area contributed by atoms with Crippen molar-refractivity contribution in [1.29, 1.82) is 0 Å². The molecule has 0 aromatic heterocycles. The van der Waals surface area contributed by atoms with E-state index in [0.29, 0.717) is 18.4 Å². The van der Waals surface area contributed by atoms with E-state index in [1.54, 1.807) is 0 Å². The van der Waals surface area contributed by atoms with Crippen molar-refractivity contribution in [3.05, 3.63) is 23.8 Å². The van der Waals surface area contributed by atoms with Crippen LogP contribution in [0.25, 0.3) is 0 Å². The summed E-state index contributed by atoms with van der Waals surface area (Å²) >= 11 is 0. The molecule has 1 unspecified atom stereocenters. The Bertz CT molecular complexity index is 417. The molecule has 1 aromatic carbocycles. The number of phenols is 1. The van der Waals surface area contributed by atoms with Crippen LogP contribution < -0.4 is 10.1 Å². The maximum absolute atomic E-state index is 10.2. The van der Waals surface area contributed by atoms with Crippen molar-refractivity contribution in [1.82, 2.24) is 10.2 Å². The average molecular weight is 278 g/mol. The fourth-order valence-corrected chi connectivity index (χ4v) is 2.78. The maximum atomic E-state index is 10.2. The van der Waals surface area contributed by atoms with Gasteiger partial charge in [-0.25, -0.2) is 0 Å². The van der Waals surface area contributed by atoms with Gasteiger partial charge in [-0.1, -0.05) is 18.6 Å². The number of benzene rings is 1. The van der Waals surface area contributed by atoms with Gasteiger partial charge in [0.05, 0.1) is 6.61 Å². The van der Waals surface area contributed by atoms with Gasteiger partial charge in [-0.3, -0.25) is 0 Å². The molecule has 0 amide bonds. The van der Waals surface area contributed by atoms with Gasteiger partial charge < -0.3 is 20.1 Å². The van der Waals surface area contributed by atoms with Crippen molar-refractivity contribution in [2.45, 2.75) is 38.8 Å². The van der Waals surface area contributed by atoms with Gasteiger partial charge in [-0.15, -0.1) is 0 Å². The van der Waals surface area contributed by atoms with E-state index < -0.39 is 0 Å². The molecule has 4 heteroatoms. The lowest BCUT2D eigenvalue weighted by molar-refractivity contribution is 0.252.